The number of nitrogens with two attached hydrogens (primary N) is 4. The van der Waals surface area contributed by atoms with Crippen molar-refractivity contribution in [1.29, 1.82) is 0 Å². The van der Waals surface area contributed by atoms with E-state index in [1.807, 2.05) is 0 Å². The van der Waals surface area contributed by atoms with E-state index >= 15 is 0 Å². The van der Waals surface area contributed by atoms with Crippen LogP contribution in [0.15, 0.2) is 58.4 Å². The maximum Gasteiger partial charge on any atom is 0.185 e. The zero-order chi connectivity index (χ0) is 29.2. The van der Waals surface area contributed by atoms with Crippen molar-refractivity contribution in [2.45, 2.75) is 95.2 Å². The first-order valence-corrected chi connectivity index (χ1v) is 14.3. The highest BCUT2D eigenvalue weighted by atomic mass is 16.6. The van der Waals surface area contributed by atoms with E-state index in [1.165, 1.54) is 22.3 Å². The highest BCUT2D eigenvalue weighted by molar-refractivity contribution is 5.67. The van der Waals surface area contributed by atoms with Gasteiger partial charge in [0.2, 0.25) is 0 Å². The molecule has 3 aliphatic carbocycles. The van der Waals surface area contributed by atoms with E-state index in [4.69, 9.17) is 41.9 Å². The third-order valence-electron chi connectivity index (χ3n) is 9.55. The predicted molar refractivity (Wildman–Crippen MR) is 156 cm³/mol. The molecule has 214 valence electrons. The number of rotatable bonds is 2. The summed E-state index contributed by atoms with van der Waals surface area (Å²) in [6, 6.07) is 8.68. The number of ether oxygens (including phenoxy) is 4. The van der Waals surface area contributed by atoms with Gasteiger partial charge in [-0.2, -0.15) is 0 Å². The minimum atomic E-state index is -0.839. The van der Waals surface area contributed by atoms with Gasteiger partial charge in [-0.05, 0) is 84.0 Å². The molecule has 41 heavy (non-hydrogen) atoms. The van der Waals surface area contributed by atoms with Gasteiger partial charge < -0.3 is 41.9 Å². The first-order valence-electron chi connectivity index (χ1n) is 14.3. The summed E-state index contributed by atoms with van der Waals surface area (Å²) in [5.41, 5.74) is 35.7. The molecule has 2 aromatic rings. The van der Waals surface area contributed by atoms with Gasteiger partial charge in [0.15, 0.2) is 34.5 Å². The van der Waals surface area contributed by atoms with E-state index in [0.29, 0.717) is 34.2 Å². The Balaban J connectivity index is 1.40. The van der Waals surface area contributed by atoms with Gasteiger partial charge in [0.25, 0.3) is 0 Å². The molecule has 2 aromatic carbocycles. The Morgan fingerprint density at radius 2 is 1.00 bits per heavy atom. The molecular weight excluding hydrogens is 516 g/mol. The van der Waals surface area contributed by atoms with E-state index in [0.717, 1.165) is 24.3 Å². The summed E-state index contributed by atoms with van der Waals surface area (Å²) in [5, 5.41) is 0. The summed E-state index contributed by atoms with van der Waals surface area (Å²) in [6.45, 7) is 13.3. The van der Waals surface area contributed by atoms with Crippen LogP contribution >= 0.6 is 0 Å². The van der Waals surface area contributed by atoms with E-state index in [-0.39, 0.29) is 28.5 Å². The molecule has 2 heterocycles. The number of fused-ring (bicyclic) bond motifs is 6. The molecule has 5 aliphatic rings. The quantitative estimate of drug-likeness (QED) is 0.323. The smallest absolute Gasteiger partial charge is 0.185 e. The van der Waals surface area contributed by atoms with Crippen LogP contribution in [0.5, 0.6) is 23.0 Å². The fourth-order valence-electron chi connectivity index (χ4n) is 7.64. The molecule has 0 saturated heterocycles. The molecule has 0 fully saturated rings. The summed E-state index contributed by atoms with van der Waals surface area (Å²) in [5.74, 6) is 3.58. The normalized spacial score (nSPS) is 27.6. The lowest BCUT2D eigenvalue weighted by Gasteiger charge is -2.33. The van der Waals surface area contributed by atoms with Crippen LogP contribution in [0.1, 0.15) is 76.6 Å². The van der Waals surface area contributed by atoms with Gasteiger partial charge in [-0.15, -0.1) is 0 Å². The second kappa shape index (κ2) is 8.30. The highest BCUT2D eigenvalue weighted by Gasteiger charge is 2.57. The molecule has 3 atom stereocenters. The first-order chi connectivity index (χ1) is 19.2. The molecule has 0 radical (unpaired) electrons. The zero-order valence-electron chi connectivity index (χ0n) is 24.5. The first kappa shape index (κ1) is 26.4. The number of hydrogen-bond donors (Lipinski definition) is 4. The van der Waals surface area contributed by atoms with Crippen molar-refractivity contribution in [3.05, 3.63) is 80.6 Å². The van der Waals surface area contributed by atoms with E-state index in [2.05, 4.69) is 77.3 Å². The topological polar surface area (TPSA) is 141 Å². The van der Waals surface area contributed by atoms with Crippen LogP contribution in [0.2, 0.25) is 0 Å². The van der Waals surface area contributed by atoms with Gasteiger partial charge in [0.1, 0.15) is 12.2 Å². The Labute approximate surface area is 240 Å². The average Bonchev–Trinajstić information content (AvgIpc) is 3.23. The molecule has 1 spiro atoms. The number of benzene rings is 2. The molecule has 0 bridgehead atoms. The van der Waals surface area contributed by atoms with E-state index < -0.39 is 12.3 Å². The van der Waals surface area contributed by atoms with Gasteiger partial charge >= 0.3 is 0 Å². The summed E-state index contributed by atoms with van der Waals surface area (Å²) in [4.78, 5) is 0. The average molecular weight is 555 g/mol. The van der Waals surface area contributed by atoms with Crippen LogP contribution in [-0.2, 0) is 16.2 Å². The standard InChI is InChI=1S/C33H38N4O4/c1-15-16(2)39-24-11-21-19(9-23(24)38-15)31(3,4)13-33(21)14-32(5,6)20-10-25-26(12-22(20)33)41-28-18(30(36)37)8-7-17(29(34)35)27(28)40-25/h9-12,15-16,29-30H,13-14,34-37H2,1-6H3. The van der Waals surface area contributed by atoms with Crippen molar-refractivity contribution >= 4 is 0 Å². The summed E-state index contributed by atoms with van der Waals surface area (Å²) < 4.78 is 25.6. The summed E-state index contributed by atoms with van der Waals surface area (Å²) in [7, 11) is 0. The van der Waals surface area contributed by atoms with Gasteiger partial charge in [-0.3, -0.25) is 0 Å². The minimum absolute atomic E-state index is 0.00701. The molecule has 7 rings (SSSR count). The Hall–Kier alpha value is -3.48. The molecule has 3 unspecified atom stereocenters. The minimum Gasteiger partial charge on any atom is -0.483 e. The molecule has 8 heteroatoms. The predicted octanol–water partition coefficient (Wildman–Crippen LogP) is 3.97. The lowest BCUT2D eigenvalue weighted by Crippen LogP contribution is -2.39. The molecule has 8 nitrogen and oxygen atoms in total. The van der Waals surface area contributed by atoms with Crippen molar-refractivity contribution in [3.63, 3.8) is 0 Å². The Morgan fingerprint density at radius 3 is 1.41 bits per heavy atom. The Morgan fingerprint density at radius 1 is 0.634 bits per heavy atom. The van der Waals surface area contributed by atoms with Crippen molar-refractivity contribution in [2.24, 2.45) is 22.9 Å². The molecule has 8 N–H and O–H groups in total. The van der Waals surface area contributed by atoms with E-state index in [9.17, 15) is 0 Å². The van der Waals surface area contributed by atoms with Crippen molar-refractivity contribution in [1.82, 2.24) is 0 Å². The van der Waals surface area contributed by atoms with Crippen LogP contribution in [0.4, 0.5) is 0 Å². The van der Waals surface area contributed by atoms with Gasteiger partial charge in [0, 0.05) is 5.41 Å². The fraction of sp³-hybridized carbons (Fsp3) is 0.455. The second-order valence-electron chi connectivity index (χ2n) is 13.5. The monoisotopic (exact) mass is 554 g/mol. The molecule has 0 aromatic heterocycles. The largest absolute Gasteiger partial charge is 0.483 e. The van der Waals surface area contributed by atoms with Crippen LogP contribution in [0, 0.1) is 0 Å². The summed E-state index contributed by atoms with van der Waals surface area (Å²) >= 11 is 0. The van der Waals surface area contributed by atoms with Crippen LogP contribution in [0.25, 0.3) is 0 Å². The fourth-order valence-corrected chi connectivity index (χ4v) is 7.64. The van der Waals surface area contributed by atoms with Crippen molar-refractivity contribution in [3.8, 4) is 23.0 Å². The lowest BCUT2D eigenvalue weighted by molar-refractivity contribution is 0.0427. The number of hydrogen-bond acceptors (Lipinski definition) is 8. The third kappa shape index (κ3) is 3.63. The molecule has 0 amide bonds. The Bertz CT molecular complexity index is 1670. The maximum absolute atomic E-state index is 6.52. The highest BCUT2D eigenvalue weighted by Crippen LogP contribution is 2.65. The SMILES string of the molecule is CC1Oc2cc3c(cc2OC1C)C1(CC(C)(C)c2cc4c(cc21)OC1=C(O4)C(C(N)N)=C=C=C1C(N)N)CC3(C)C. The maximum atomic E-state index is 6.52. The lowest BCUT2D eigenvalue weighted by atomic mass is 9.72. The Kier molecular flexibility index (Phi) is 5.35. The van der Waals surface area contributed by atoms with Gasteiger partial charge in [-0.25, -0.2) is 0 Å². The molecule has 0 saturated carbocycles. The summed E-state index contributed by atoms with van der Waals surface area (Å²) in [6.07, 6.45) is 0.180. The van der Waals surface area contributed by atoms with Crippen LogP contribution < -0.4 is 41.9 Å². The molecular formula is C33H38N4O4. The van der Waals surface area contributed by atoms with Crippen LogP contribution in [-0.4, -0.2) is 24.5 Å². The van der Waals surface area contributed by atoms with E-state index in [1.54, 1.807) is 0 Å². The molecule has 2 aliphatic heterocycles. The van der Waals surface area contributed by atoms with Gasteiger partial charge in [0.05, 0.1) is 23.5 Å². The van der Waals surface area contributed by atoms with Crippen LogP contribution in [0.3, 0.4) is 0 Å². The van der Waals surface area contributed by atoms with Gasteiger partial charge in [-0.1, -0.05) is 39.2 Å². The second-order valence-corrected chi connectivity index (χ2v) is 13.5. The van der Waals surface area contributed by atoms with Crippen molar-refractivity contribution < 1.29 is 18.9 Å². The third-order valence-corrected chi connectivity index (χ3v) is 9.55. The zero-order valence-corrected chi connectivity index (χ0v) is 24.5. The van der Waals surface area contributed by atoms with Crippen molar-refractivity contribution in [2.75, 3.05) is 0 Å².